The van der Waals surface area contributed by atoms with Crippen molar-refractivity contribution in [2.24, 2.45) is 0 Å². The zero-order valence-corrected chi connectivity index (χ0v) is 33.2. The number of morpholine rings is 1. The zero-order valence-electron chi connectivity index (χ0n) is 33.2. The highest BCUT2D eigenvalue weighted by Crippen LogP contribution is 2.35. The fourth-order valence-corrected chi connectivity index (χ4v) is 8.64. The molecule has 3 fully saturated rings. The molecular formula is C42H43F2N11O6. The van der Waals surface area contributed by atoms with Crippen LogP contribution in [-0.2, 0) is 20.9 Å². The quantitative estimate of drug-likeness (QED) is 0.161. The molecule has 4 aliphatic rings. The molecule has 3 aliphatic heterocycles. The lowest BCUT2D eigenvalue weighted by Gasteiger charge is -2.35. The molecule has 5 aromatic rings. The smallest absolute Gasteiger partial charge is 0.284 e. The van der Waals surface area contributed by atoms with E-state index in [0.29, 0.717) is 55.7 Å². The van der Waals surface area contributed by atoms with Gasteiger partial charge in [-0.2, -0.15) is 10.2 Å². The van der Waals surface area contributed by atoms with E-state index in [1.807, 2.05) is 17.0 Å². The molecule has 2 aromatic carbocycles. The Kier molecular flexibility index (Phi) is 10.7. The van der Waals surface area contributed by atoms with Gasteiger partial charge in [-0.3, -0.25) is 39.1 Å². The Balaban J connectivity index is 0.808. The molecule has 1 atom stereocenters. The summed E-state index contributed by atoms with van der Waals surface area (Å²) in [5.41, 5.74) is 2.35. The van der Waals surface area contributed by atoms with E-state index in [2.05, 4.69) is 43.1 Å². The number of amides is 5. The van der Waals surface area contributed by atoms with Gasteiger partial charge >= 0.3 is 0 Å². The third-order valence-electron chi connectivity index (χ3n) is 11.9. The van der Waals surface area contributed by atoms with Gasteiger partial charge in [0, 0.05) is 50.0 Å². The molecule has 3 N–H and O–H groups in total. The molecule has 61 heavy (non-hydrogen) atoms. The standard InChI is InChI=1S/C42H43F2N11O6/c1-51(26-11-7-25(8-12-26)46-30-4-2-3-28-35(30)42(60)55(41(28)59)32-13-14-34(56)49-40(32)58)22-24-5-9-27(10-6-24)54-23-31(36(50-54)37(43)44)47-39(57)29-21-45-53-16-15-33(48-38(29)53)52-17-19-61-20-18-52/h2-6,9-10,15-16,21,23,25-26,32,37,46H,7-8,11-14,17-20,22H2,1H3,(H,47,57)(H,49,56,58). The molecule has 19 heteroatoms. The van der Waals surface area contributed by atoms with Crippen molar-refractivity contribution >= 4 is 52.4 Å². The van der Waals surface area contributed by atoms with Gasteiger partial charge < -0.3 is 20.3 Å². The van der Waals surface area contributed by atoms with Gasteiger partial charge in [-0.1, -0.05) is 18.2 Å². The van der Waals surface area contributed by atoms with E-state index < -0.39 is 47.7 Å². The number of benzene rings is 2. The summed E-state index contributed by atoms with van der Waals surface area (Å²) in [7, 11) is 2.06. The molecule has 1 unspecified atom stereocenters. The van der Waals surface area contributed by atoms with Gasteiger partial charge in [0.25, 0.3) is 24.1 Å². The summed E-state index contributed by atoms with van der Waals surface area (Å²) in [5, 5.41) is 16.7. The fourth-order valence-electron chi connectivity index (χ4n) is 8.64. The van der Waals surface area contributed by atoms with Crippen LogP contribution in [0.2, 0.25) is 0 Å². The summed E-state index contributed by atoms with van der Waals surface area (Å²) in [6.45, 7) is 3.08. The van der Waals surface area contributed by atoms with Gasteiger partial charge in [-0.25, -0.2) is 23.0 Å². The van der Waals surface area contributed by atoms with E-state index in [0.717, 1.165) is 36.1 Å². The van der Waals surface area contributed by atoms with E-state index in [1.54, 1.807) is 42.6 Å². The van der Waals surface area contributed by atoms with Crippen LogP contribution in [0, 0.1) is 0 Å². The van der Waals surface area contributed by atoms with E-state index in [9.17, 15) is 32.8 Å². The third-order valence-corrected chi connectivity index (χ3v) is 11.9. The number of fused-ring (bicyclic) bond motifs is 2. The van der Waals surface area contributed by atoms with Crippen molar-refractivity contribution in [3.8, 4) is 5.69 Å². The highest BCUT2D eigenvalue weighted by molar-refractivity contribution is 6.25. The summed E-state index contributed by atoms with van der Waals surface area (Å²) >= 11 is 0. The minimum absolute atomic E-state index is 0.0549. The van der Waals surface area contributed by atoms with Crippen molar-refractivity contribution in [1.82, 2.24) is 39.5 Å². The van der Waals surface area contributed by atoms with Crippen molar-refractivity contribution in [1.29, 1.82) is 0 Å². The zero-order chi connectivity index (χ0) is 42.4. The van der Waals surface area contributed by atoms with E-state index in [-0.39, 0.29) is 47.3 Å². The number of imide groups is 2. The summed E-state index contributed by atoms with van der Waals surface area (Å²) < 4.78 is 36.7. The lowest BCUT2D eigenvalue weighted by Crippen LogP contribution is -2.54. The van der Waals surface area contributed by atoms with Crippen molar-refractivity contribution in [3.05, 3.63) is 95.1 Å². The monoisotopic (exact) mass is 835 g/mol. The number of nitrogens with zero attached hydrogens (tertiary/aromatic N) is 8. The van der Waals surface area contributed by atoms with Gasteiger partial charge in [0.15, 0.2) is 11.3 Å². The third kappa shape index (κ3) is 7.81. The molecule has 2 saturated heterocycles. The second kappa shape index (κ2) is 16.5. The number of rotatable bonds is 11. The first kappa shape index (κ1) is 39.8. The number of aromatic nitrogens is 5. The van der Waals surface area contributed by atoms with Crippen LogP contribution >= 0.6 is 0 Å². The van der Waals surface area contributed by atoms with Gasteiger partial charge in [0.2, 0.25) is 11.8 Å². The maximum Gasteiger partial charge on any atom is 0.284 e. The lowest BCUT2D eigenvalue weighted by atomic mass is 9.89. The Morgan fingerprint density at radius 2 is 1.74 bits per heavy atom. The Bertz CT molecular complexity index is 2530. The number of carbonyl (C=O) groups is 5. The average Bonchev–Trinajstić information content (AvgIpc) is 3.96. The van der Waals surface area contributed by atoms with Crippen molar-refractivity contribution in [2.75, 3.05) is 48.9 Å². The fraction of sp³-hybridized carbons (Fsp3) is 0.381. The first-order valence-electron chi connectivity index (χ1n) is 20.3. The predicted molar refractivity (Wildman–Crippen MR) is 217 cm³/mol. The van der Waals surface area contributed by atoms with Crippen LogP contribution in [0.25, 0.3) is 11.3 Å². The minimum Gasteiger partial charge on any atom is -0.382 e. The van der Waals surface area contributed by atoms with Gasteiger partial charge in [-0.15, -0.1) is 0 Å². The van der Waals surface area contributed by atoms with E-state index in [1.165, 1.54) is 21.6 Å². The van der Waals surface area contributed by atoms with Gasteiger partial charge in [0.1, 0.15) is 17.4 Å². The van der Waals surface area contributed by atoms with Crippen LogP contribution in [0.5, 0.6) is 0 Å². The highest BCUT2D eigenvalue weighted by Gasteiger charge is 2.46. The summed E-state index contributed by atoms with van der Waals surface area (Å²) in [4.78, 5) is 74.4. The summed E-state index contributed by atoms with van der Waals surface area (Å²) in [6.07, 6.45) is 5.05. The Morgan fingerprint density at radius 1 is 0.967 bits per heavy atom. The largest absolute Gasteiger partial charge is 0.382 e. The number of nitrogens with one attached hydrogen (secondary N) is 3. The first-order valence-corrected chi connectivity index (χ1v) is 20.3. The van der Waals surface area contributed by atoms with Crippen molar-refractivity contribution in [2.45, 2.75) is 69.6 Å². The number of hydrogen-bond acceptors (Lipinski definition) is 12. The normalized spacial score (nSPS) is 20.8. The molecule has 9 rings (SSSR count). The topological polar surface area (TPSA) is 188 Å². The van der Waals surface area contributed by atoms with Gasteiger partial charge in [-0.05, 0) is 75.0 Å². The molecule has 3 aromatic heterocycles. The Labute approximate surface area is 348 Å². The Morgan fingerprint density at radius 3 is 2.48 bits per heavy atom. The number of piperidine rings is 1. The maximum absolute atomic E-state index is 14.2. The number of carbonyl (C=O) groups excluding carboxylic acids is 5. The van der Waals surface area contributed by atoms with Crippen molar-refractivity contribution < 1.29 is 37.5 Å². The molecule has 5 amide bonds. The van der Waals surface area contributed by atoms with Gasteiger partial charge in [0.05, 0.1) is 48.1 Å². The number of halogens is 2. The van der Waals surface area contributed by atoms with E-state index in [4.69, 9.17) is 4.74 Å². The Hall–Kier alpha value is -6.60. The molecule has 0 radical (unpaired) electrons. The summed E-state index contributed by atoms with van der Waals surface area (Å²) in [5.74, 6) is -2.12. The molecule has 1 saturated carbocycles. The lowest BCUT2D eigenvalue weighted by molar-refractivity contribution is -0.136. The van der Waals surface area contributed by atoms with Crippen LogP contribution < -0.4 is 20.9 Å². The number of hydrogen-bond donors (Lipinski definition) is 3. The second-order valence-electron chi connectivity index (χ2n) is 15.7. The van der Waals surface area contributed by atoms with Crippen LogP contribution in [0.4, 0.5) is 26.0 Å². The molecular weight excluding hydrogens is 793 g/mol. The average molecular weight is 836 g/mol. The number of anilines is 3. The van der Waals surface area contributed by atoms with Crippen LogP contribution in [0.1, 0.15) is 87.3 Å². The highest BCUT2D eigenvalue weighted by atomic mass is 19.3. The molecule has 316 valence electrons. The molecule has 17 nitrogen and oxygen atoms in total. The first-order chi connectivity index (χ1) is 29.5. The van der Waals surface area contributed by atoms with Crippen molar-refractivity contribution in [3.63, 3.8) is 0 Å². The minimum atomic E-state index is -2.94. The maximum atomic E-state index is 14.2. The summed E-state index contributed by atoms with van der Waals surface area (Å²) in [6, 6.07) is 13.6. The molecule has 6 heterocycles. The molecule has 1 aliphatic carbocycles. The molecule has 0 bridgehead atoms. The number of alkyl halides is 2. The SMILES string of the molecule is CN(Cc1ccc(-n2cc(NC(=O)c3cnn4ccc(N5CCOCC5)nc34)c(C(F)F)n2)cc1)C1CCC(Nc2cccc3c2C(=O)N(C2CCC(=O)NC2=O)C3=O)CC1. The molecule has 0 spiro atoms. The second-order valence-corrected chi connectivity index (χ2v) is 15.7. The number of ether oxygens (including phenoxy) is 1. The van der Waals surface area contributed by atoms with E-state index >= 15 is 0 Å². The van der Waals surface area contributed by atoms with Crippen LogP contribution in [-0.4, -0.2) is 115 Å². The predicted octanol–water partition coefficient (Wildman–Crippen LogP) is 4.20. The van der Waals surface area contributed by atoms with Crippen LogP contribution in [0.3, 0.4) is 0 Å². The van der Waals surface area contributed by atoms with Crippen LogP contribution in [0.15, 0.2) is 67.1 Å².